The minimum absolute atomic E-state index is 0.0441. The molecule has 0 spiro atoms. The quantitative estimate of drug-likeness (QED) is 0.696. The Morgan fingerprint density at radius 1 is 1.03 bits per heavy atom. The zero-order chi connectivity index (χ0) is 20.6. The summed E-state index contributed by atoms with van der Waals surface area (Å²) in [6.45, 7) is 9.27. The zero-order valence-corrected chi connectivity index (χ0v) is 18.0. The largest absolute Gasteiger partial charge is 0.484 e. The van der Waals surface area contributed by atoms with Crippen molar-refractivity contribution in [3.63, 3.8) is 0 Å². The molecule has 0 aromatic heterocycles. The van der Waals surface area contributed by atoms with Gasteiger partial charge in [-0.3, -0.25) is 9.69 Å². The van der Waals surface area contributed by atoms with Crippen molar-refractivity contribution in [2.24, 2.45) is 0 Å². The minimum atomic E-state index is -0.0766. The number of benzene rings is 2. The fourth-order valence-corrected chi connectivity index (χ4v) is 3.91. The lowest BCUT2D eigenvalue weighted by Gasteiger charge is -2.35. The first-order valence-electron chi connectivity index (χ1n) is 10.8. The third-order valence-corrected chi connectivity index (χ3v) is 5.67. The second-order valence-electron chi connectivity index (χ2n) is 8.34. The maximum atomic E-state index is 12.4. The van der Waals surface area contributed by atoms with Crippen LogP contribution in [0, 0.1) is 6.92 Å². The van der Waals surface area contributed by atoms with Gasteiger partial charge in [0.1, 0.15) is 5.75 Å². The summed E-state index contributed by atoms with van der Waals surface area (Å²) in [6.07, 6.45) is 3.75. The molecule has 4 nitrogen and oxygen atoms in total. The van der Waals surface area contributed by atoms with Crippen LogP contribution in [0.15, 0.2) is 48.5 Å². The Bertz CT molecular complexity index is 780. The molecule has 2 aromatic carbocycles. The van der Waals surface area contributed by atoms with Gasteiger partial charge in [-0.15, -0.1) is 0 Å². The Kier molecular flexibility index (Phi) is 7.70. The van der Waals surface area contributed by atoms with E-state index in [0.717, 1.165) is 24.4 Å². The molecule has 0 bridgehead atoms. The Balaban J connectivity index is 1.61. The highest BCUT2D eigenvalue weighted by molar-refractivity contribution is 5.77. The van der Waals surface area contributed by atoms with Crippen LogP contribution in [0.3, 0.4) is 0 Å². The normalized spacial score (nSPS) is 15.9. The van der Waals surface area contributed by atoms with Crippen LogP contribution in [0.2, 0.25) is 0 Å². The number of nitrogens with zero attached hydrogens (tertiary/aromatic N) is 1. The van der Waals surface area contributed by atoms with Crippen molar-refractivity contribution in [1.29, 1.82) is 0 Å². The average molecular weight is 395 g/mol. The van der Waals surface area contributed by atoms with Gasteiger partial charge in [0, 0.05) is 6.54 Å². The van der Waals surface area contributed by atoms with Crippen molar-refractivity contribution in [3.05, 3.63) is 65.2 Å². The fourth-order valence-electron chi connectivity index (χ4n) is 3.91. The summed E-state index contributed by atoms with van der Waals surface area (Å²) in [4.78, 5) is 14.9. The Labute approximate surface area is 175 Å². The molecule has 1 aliphatic rings. The number of hydrogen-bond donors (Lipinski definition) is 1. The summed E-state index contributed by atoms with van der Waals surface area (Å²) in [5, 5.41) is 3.10. The first kappa shape index (κ1) is 21.4. The molecule has 1 heterocycles. The molecule has 0 radical (unpaired) electrons. The van der Waals surface area contributed by atoms with E-state index in [0.29, 0.717) is 12.5 Å². The highest BCUT2D eigenvalue weighted by Crippen LogP contribution is 2.26. The van der Waals surface area contributed by atoms with E-state index >= 15 is 0 Å². The van der Waals surface area contributed by atoms with E-state index < -0.39 is 0 Å². The van der Waals surface area contributed by atoms with Crippen LogP contribution >= 0.6 is 0 Å². The van der Waals surface area contributed by atoms with E-state index in [9.17, 15) is 4.79 Å². The first-order chi connectivity index (χ1) is 14.0. The molecule has 4 heteroatoms. The molecular formula is C25H34N2O2. The fraction of sp³-hybridized carbons (Fsp3) is 0.480. The Morgan fingerprint density at radius 2 is 1.72 bits per heavy atom. The predicted octanol–water partition coefficient (Wildman–Crippen LogP) is 4.84. The van der Waals surface area contributed by atoms with E-state index in [1.807, 2.05) is 31.2 Å². The summed E-state index contributed by atoms with van der Waals surface area (Å²) in [7, 11) is 0. The van der Waals surface area contributed by atoms with Crippen molar-refractivity contribution >= 4 is 5.91 Å². The molecule has 3 rings (SSSR count). The van der Waals surface area contributed by atoms with Gasteiger partial charge in [-0.1, -0.05) is 56.7 Å². The van der Waals surface area contributed by atoms with E-state index in [2.05, 4.69) is 48.3 Å². The maximum absolute atomic E-state index is 12.4. The lowest BCUT2D eigenvalue weighted by molar-refractivity contribution is -0.123. The third kappa shape index (κ3) is 6.33. The lowest BCUT2D eigenvalue weighted by atomic mass is 9.97. The van der Waals surface area contributed by atoms with Crippen LogP contribution in [-0.2, 0) is 4.79 Å². The summed E-state index contributed by atoms with van der Waals surface area (Å²) in [5.74, 6) is 1.18. The standard InChI is InChI=1S/C25H34N2O2/c1-19(2)21-10-12-22(13-11-21)24(27-14-5-4-6-15-27)17-26-25(28)18-29-23-9-7-8-20(3)16-23/h7-13,16,19,24H,4-6,14-15,17-18H2,1-3H3,(H,26,28)/t24-/m0/s1. The molecule has 1 amide bonds. The molecule has 2 aromatic rings. The number of ether oxygens (including phenoxy) is 1. The second-order valence-corrected chi connectivity index (χ2v) is 8.34. The average Bonchev–Trinajstić information content (AvgIpc) is 2.73. The molecule has 0 unspecified atom stereocenters. The van der Waals surface area contributed by atoms with Gasteiger partial charge in [-0.25, -0.2) is 0 Å². The van der Waals surface area contributed by atoms with E-state index in [1.165, 1.54) is 30.4 Å². The lowest BCUT2D eigenvalue weighted by Crippen LogP contribution is -2.41. The van der Waals surface area contributed by atoms with Gasteiger partial charge in [0.05, 0.1) is 6.04 Å². The van der Waals surface area contributed by atoms with Gasteiger partial charge < -0.3 is 10.1 Å². The first-order valence-corrected chi connectivity index (χ1v) is 10.8. The van der Waals surface area contributed by atoms with Gasteiger partial charge in [0.2, 0.25) is 0 Å². The highest BCUT2D eigenvalue weighted by Gasteiger charge is 2.23. The van der Waals surface area contributed by atoms with Crippen molar-refractivity contribution in [1.82, 2.24) is 10.2 Å². The van der Waals surface area contributed by atoms with Crippen LogP contribution in [0.25, 0.3) is 0 Å². The minimum Gasteiger partial charge on any atom is -0.484 e. The molecule has 0 aliphatic carbocycles. The number of rotatable bonds is 8. The molecule has 29 heavy (non-hydrogen) atoms. The predicted molar refractivity (Wildman–Crippen MR) is 118 cm³/mol. The van der Waals surface area contributed by atoms with E-state index in [1.54, 1.807) is 0 Å². The topological polar surface area (TPSA) is 41.6 Å². The van der Waals surface area contributed by atoms with Crippen molar-refractivity contribution in [2.45, 2.75) is 52.0 Å². The summed E-state index contributed by atoms with van der Waals surface area (Å²) < 4.78 is 5.65. The Hall–Kier alpha value is -2.33. The van der Waals surface area contributed by atoms with Crippen molar-refractivity contribution < 1.29 is 9.53 Å². The maximum Gasteiger partial charge on any atom is 0.258 e. The number of piperidine rings is 1. The molecule has 156 valence electrons. The van der Waals surface area contributed by atoms with Crippen LogP contribution < -0.4 is 10.1 Å². The number of hydrogen-bond acceptors (Lipinski definition) is 3. The summed E-state index contributed by atoms with van der Waals surface area (Å²) in [6, 6.07) is 16.9. The zero-order valence-electron chi connectivity index (χ0n) is 18.0. The number of amides is 1. The summed E-state index contributed by atoms with van der Waals surface area (Å²) in [5.41, 5.74) is 3.75. The molecule has 1 fully saturated rings. The number of aryl methyl sites for hydroxylation is 1. The number of carbonyl (C=O) groups is 1. The second kappa shape index (κ2) is 10.4. The molecule has 1 atom stereocenters. The number of likely N-dealkylation sites (tertiary alicyclic amines) is 1. The van der Waals surface area contributed by atoms with E-state index in [-0.39, 0.29) is 18.6 Å². The van der Waals surface area contributed by atoms with Crippen LogP contribution in [0.1, 0.15) is 61.8 Å². The molecule has 1 saturated heterocycles. The van der Waals surface area contributed by atoms with Gasteiger partial charge in [-0.05, 0) is 67.6 Å². The molecule has 0 saturated carbocycles. The van der Waals surface area contributed by atoms with Gasteiger partial charge >= 0.3 is 0 Å². The van der Waals surface area contributed by atoms with Crippen LogP contribution in [0.5, 0.6) is 5.75 Å². The molecular weight excluding hydrogens is 360 g/mol. The van der Waals surface area contributed by atoms with Gasteiger partial charge in [0.15, 0.2) is 6.61 Å². The molecule has 1 N–H and O–H groups in total. The smallest absolute Gasteiger partial charge is 0.258 e. The monoisotopic (exact) mass is 394 g/mol. The SMILES string of the molecule is Cc1cccc(OCC(=O)NC[C@@H](c2ccc(C(C)C)cc2)N2CCCCC2)c1. The van der Waals surface area contributed by atoms with Crippen molar-refractivity contribution in [3.8, 4) is 5.75 Å². The summed E-state index contributed by atoms with van der Waals surface area (Å²) >= 11 is 0. The Morgan fingerprint density at radius 3 is 2.38 bits per heavy atom. The van der Waals surface area contributed by atoms with Crippen molar-refractivity contribution in [2.75, 3.05) is 26.2 Å². The van der Waals surface area contributed by atoms with Gasteiger partial charge in [-0.2, -0.15) is 0 Å². The number of nitrogens with one attached hydrogen (secondary N) is 1. The number of carbonyl (C=O) groups excluding carboxylic acids is 1. The molecule has 1 aliphatic heterocycles. The highest BCUT2D eigenvalue weighted by atomic mass is 16.5. The van der Waals surface area contributed by atoms with Crippen LogP contribution in [0.4, 0.5) is 0 Å². The van der Waals surface area contributed by atoms with E-state index in [4.69, 9.17) is 4.74 Å². The third-order valence-electron chi connectivity index (χ3n) is 5.67. The van der Waals surface area contributed by atoms with Crippen LogP contribution in [-0.4, -0.2) is 37.0 Å². The van der Waals surface area contributed by atoms with Gasteiger partial charge in [0.25, 0.3) is 5.91 Å².